The van der Waals surface area contributed by atoms with Crippen LogP contribution in [0.25, 0.3) is 0 Å². The molecule has 0 spiro atoms. The zero-order valence-electron chi connectivity index (χ0n) is 16.3. The van der Waals surface area contributed by atoms with Gasteiger partial charge in [0.2, 0.25) is 0 Å². The molecule has 30 heavy (non-hydrogen) atoms. The zero-order chi connectivity index (χ0) is 20.7. The number of para-hydroxylation sites is 2. The van der Waals surface area contributed by atoms with Crippen molar-refractivity contribution in [2.45, 2.75) is 18.6 Å². The topological polar surface area (TPSA) is 68.3 Å². The van der Waals surface area contributed by atoms with Gasteiger partial charge < -0.3 is 24.0 Å². The summed E-state index contributed by atoms with van der Waals surface area (Å²) in [5.41, 5.74) is 1.55. The number of fused-ring (bicyclic) bond motifs is 2. The van der Waals surface area contributed by atoms with E-state index in [0.29, 0.717) is 54.9 Å². The van der Waals surface area contributed by atoms with E-state index in [4.69, 9.17) is 25.8 Å². The van der Waals surface area contributed by atoms with Gasteiger partial charge in [-0.1, -0.05) is 23.7 Å². The van der Waals surface area contributed by atoms with Crippen LogP contribution in [0, 0.1) is 0 Å². The first-order chi connectivity index (χ1) is 14.6. The number of rotatable bonds is 2. The van der Waals surface area contributed by atoms with Crippen LogP contribution in [0.3, 0.4) is 0 Å². The lowest BCUT2D eigenvalue weighted by Gasteiger charge is -2.37. The number of hydrogen-bond donors (Lipinski definition) is 0. The maximum absolute atomic E-state index is 13.4. The van der Waals surface area contributed by atoms with Crippen LogP contribution in [0.1, 0.15) is 5.56 Å². The summed E-state index contributed by atoms with van der Waals surface area (Å²) in [5, 5.41) is 0.610. The first-order valence-electron chi connectivity index (χ1n) is 9.99. The van der Waals surface area contributed by atoms with Crippen molar-refractivity contribution in [2.75, 3.05) is 37.7 Å². The molecule has 2 aromatic carbocycles. The maximum atomic E-state index is 13.4. The number of carbonyl (C=O) groups is 2. The van der Waals surface area contributed by atoms with Crippen LogP contribution in [0.15, 0.2) is 42.5 Å². The molecule has 0 radical (unpaired) electrons. The molecule has 0 N–H and O–H groups in total. The second-order valence-corrected chi connectivity index (χ2v) is 7.96. The van der Waals surface area contributed by atoms with Gasteiger partial charge in [-0.05, 0) is 35.9 Å². The molecule has 156 valence electrons. The second kappa shape index (κ2) is 7.81. The van der Waals surface area contributed by atoms with Crippen molar-refractivity contribution >= 4 is 29.1 Å². The molecule has 2 aromatic rings. The van der Waals surface area contributed by atoms with Crippen LogP contribution in [0.4, 0.5) is 5.69 Å². The van der Waals surface area contributed by atoms with Crippen molar-refractivity contribution in [1.82, 2.24) is 4.90 Å². The van der Waals surface area contributed by atoms with Crippen molar-refractivity contribution in [3.8, 4) is 11.5 Å². The molecule has 3 aliphatic rings. The van der Waals surface area contributed by atoms with Crippen molar-refractivity contribution in [2.24, 2.45) is 0 Å². The molecular weight excluding hydrogens is 408 g/mol. The van der Waals surface area contributed by atoms with Gasteiger partial charge >= 0.3 is 0 Å². The molecule has 0 unspecified atom stereocenters. The SMILES string of the molecule is O=C([C@H]1CN(C(=O)[C@H]2Cc3cc(Cl)ccc3O2)c2ccccc2O1)N1CCOCC1. The van der Waals surface area contributed by atoms with E-state index in [1.165, 1.54) is 0 Å². The first kappa shape index (κ1) is 19.2. The Morgan fingerprint density at radius 3 is 2.53 bits per heavy atom. The fourth-order valence-corrected chi connectivity index (χ4v) is 4.28. The van der Waals surface area contributed by atoms with E-state index in [9.17, 15) is 9.59 Å². The number of halogens is 1. The Morgan fingerprint density at radius 1 is 0.933 bits per heavy atom. The summed E-state index contributed by atoms with van der Waals surface area (Å²) in [4.78, 5) is 29.8. The summed E-state index contributed by atoms with van der Waals surface area (Å²) in [6.45, 7) is 2.21. The van der Waals surface area contributed by atoms with Gasteiger partial charge in [-0.2, -0.15) is 0 Å². The van der Waals surface area contributed by atoms with Gasteiger partial charge in [-0.15, -0.1) is 0 Å². The average molecular weight is 429 g/mol. The van der Waals surface area contributed by atoms with Crippen LogP contribution in [0.5, 0.6) is 11.5 Å². The molecule has 7 nitrogen and oxygen atoms in total. The summed E-state index contributed by atoms with van der Waals surface area (Å²) >= 11 is 6.08. The molecular formula is C22H21ClN2O5. The molecule has 1 fully saturated rings. The summed E-state index contributed by atoms with van der Waals surface area (Å²) in [6.07, 6.45) is -0.986. The fraction of sp³-hybridized carbons (Fsp3) is 0.364. The lowest BCUT2D eigenvalue weighted by Crippen LogP contribution is -2.55. The minimum atomic E-state index is -0.764. The van der Waals surface area contributed by atoms with Crippen molar-refractivity contribution in [1.29, 1.82) is 0 Å². The number of amides is 2. The van der Waals surface area contributed by atoms with Gasteiger partial charge in [0.1, 0.15) is 11.5 Å². The molecule has 8 heteroatoms. The summed E-state index contributed by atoms with van der Waals surface area (Å²) in [5.74, 6) is 0.855. The van der Waals surface area contributed by atoms with Gasteiger partial charge in [0.05, 0.1) is 25.4 Å². The van der Waals surface area contributed by atoms with E-state index in [1.807, 2.05) is 24.3 Å². The highest BCUT2D eigenvalue weighted by Gasteiger charge is 2.40. The van der Waals surface area contributed by atoms with Crippen LogP contribution in [-0.4, -0.2) is 61.8 Å². The number of nitrogens with zero attached hydrogens (tertiary/aromatic N) is 2. The normalized spacial score (nSPS) is 22.6. The van der Waals surface area contributed by atoms with Crippen molar-refractivity contribution in [3.05, 3.63) is 53.1 Å². The van der Waals surface area contributed by atoms with E-state index >= 15 is 0 Å². The summed E-state index contributed by atoms with van der Waals surface area (Å²) in [7, 11) is 0. The molecule has 3 heterocycles. The van der Waals surface area contributed by atoms with Gasteiger partial charge in [0.15, 0.2) is 12.2 Å². The summed E-state index contributed by atoms with van der Waals surface area (Å²) < 4.78 is 17.2. The Bertz CT molecular complexity index is 991. The number of morpholine rings is 1. The third kappa shape index (κ3) is 3.48. The van der Waals surface area contributed by atoms with E-state index in [1.54, 1.807) is 28.0 Å². The molecule has 0 aromatic heterocycles. The minimum Gasteiger partial charge on any atom is -0.480 e. The summed E-state index contributed by atoms with van der Waals surface area (Å²) in [6, 6.07) is 12.6. The predicted octanol–water partition coefficient (Wildman–Crippen LogP) is 2.30. The Labute approximate surface area is 179 Å². The average Bonchev–Trinajstić information content (AvgIpc) is 3.21. The largest absolute Gasteiger partial charge is 0.480 e. The third-order valence-corrected chi connectivity index (χ3v) is 5.85. The highest BCUT2D eigenvalue weighted by atomic mass is 35.5. The Morgan fingerprint density at radius 2 is 1.70 bits per heavy atom. The highest BCUT2D eigenvalue weighted by molar-refractivity contribution is 6.30. The number of carbonyl (C=O) groups excluding carboxylic acids is 2. The Balaban J connectivity index is 1.39. The maximum Gasteiger partial charge on any atom is 0.268 e. The van der Waals surface area contributed by atoms with Crippen molar-refractivity contribution < 1.29 is 23.8 Å². The Hall–Kier alpha value is -2.77. The van der Waals surface area contributed by atoms with E-state index in [-0.39, 0.29) is 18.4 Å². The first-order valence-corrected chi connectivity index (χ1v) is 10.4. The highest BCUT2D eigenvalue weighted by Crippen LogP contribution is 2.37. The molecule has 2 amide bonds. The predicted molar refractivity (Wildman–Crippen MR) is 110 cm³/mol. The fourth-order valence-electron chi connectivity index (χ4n) is 4.09. The molecule has 5 rings (SSSR count). The van der Waals surface area contributed by atoms with Crippen LogP contribution >= 0.6 is 11.6 Å². The smallest absolute Gasteiger partial charge is 0.268 e. The lowest BCUT2D eigenvalue weighted by molar-refractivity contribution is -0.143. The number of benzene rings is 2. The van der Waals surface area contributed by atoms with Crippen LogP contribution in [0.2, 0.25) is 5.02 Å². The lowest BCUT2D eigenvalue weighted by atomic mass is 10.1. The monoisotopic (exact) mass is 428 g/mol. The quantitative estimate of drug-likeness (QED) is 0.734. The van der Waals surface area contributed by atoms with Gasteiger partial charge in [0.25, 0.3) is 11.8 Å². The number of anilines is 1. The van der Waals surface area contributed by atoms with E-state index in [0.717, 1.165) is 5.56 Å². The van der Waals surface area contributed by atoms with Gasteiger partial charge in [-0.25, -0.2) is 0 Å². The number of hydrogen-bond acceptors (Lipinski definition) is 5. The van der Waals surface area contributed by atoms with E-state index in [2.05, 4.69) is 0 Å². The molecule has 3 aliphatic heterocycles. The van der Waals surface area contributed by atoms with Gasteiger partial charge in [0, 0.05) is 24.5 Å². The Kier molecular flexibility index (Phi) is 5.00. The zero-order valence-corrected chi connectivity index (χ0v) is 17.0. The van der Waals surface area contributed by atoms with Crippen molar-refractivity contribution in [3.63, 3.8) is 0 Å². The molecule has 0 saturated carbocycles. The minimum absolute atomic E-state index is 0.131. The second-order valence-electron chi connectivity index (χ2n) is 7.52. The molecule has 0 aliphatic carbocycles. The molecule has 1 saturated heterocycles. The number of ether oxygens (including phenoxy) is 3. The standard InChI is InChI=1S/C22H21ClN2O5/c23-15-5-6-17-14(11-15)12-19(29-17)22(27)25-13-20(21(26)24-7-9-28-10-8-24)30-18-4-2-1-3-16(18)25/h1-6,11,19-20H,7-10,12-13H2/t19-,20-/m1/s1. The third-order valence-electron chi connectivity index (χ3n) is 5.61. The van der Waals surface area contributed by atoms with Crippen LogP contribution < -0.4 is 14.4 Å². The molecule has 0 bridgehead atoms. The van der Waals surface area contributed by atoms with Gasteiger partial charge in [-0.3, -0.25) is 9.59 Å². The van der Waals surface area contributed by atoms with E-state index < -0.39 is 12.2 Å². The van der Waals surface area contributed by atoms with Crippen LogP contribution in [-0.2, 0) is 20.7 Å². The molecule has 2 atom stereocenters.